The number of aliphatic imine (C=N–C) groups is 1. The summed E-state index contributed by atoms with van der Waals surface area (Å²) in [5, 5.41) is 12.4. The number of hydrogen-bond donors (Lipinski definition) is 1. The van der Waals surface area contributed by atoms with Crippen LogP contribution in [0.15, 0.2) is 59.1 Å². The van der Waals surface area contributed by atoms with Crippen molar-refractivity contribution in [3.8, 4) is 6.07 Å². The molecule has 0 radical (unpaired) electrons. The number of nitrogens with one attached hydrogen (secondary N) is 1. The van der Waals surface area contributed by atoms with E-state index in [1.807, 2.05) is 6.07 Å². The number of hydrogen-bond acceptors (Lipinski definition) is 4. The second-order valence-corrected chi connectivity index (χ2v) is 7.13. The summed E-state index contributed by atoms with van der Waals surface area (Å²) in [7, 11) is 0. The van der Waals surface area contributed by atoms with Crippen molar-refractivity contribution in [2.45, 2.75) is 19.3 Å². The van der Waals surface area contributed by atoms with Crippen LogP contribution in [0.4, 0.5) is 4.39 Å². The van der Waals surface area contributed by atoms with Gasteiger partial charge in [-0.15, -0.1) is 0 Å². The zero-order valence-electron chi connectivity index (χ0n) is 16.2. The van der Waals surface area contributed by atoms with Gasteiger partial charge in [0.15, 0.2) is 0 Å². The predicted octanol–water partition coefficient (Wildman–Crippen LogP) is 3.26. The molecular weight excluding hydrogens is 383 g/mol. The van der Waals surface area contributed by atoms with Gasteiger partial charge >= 0.3 is 0 Å². The summed E-state index contributed by atoms with van der Waals surface area (Å²) in [6, 6.07) is 14.7. The Morgan fingerprint density at radius 1 is 1.00 bits per heavy atom. The Hall–Kier alpha value is -3.79. The Balaban J connectivity index is 1.72. The molecule has 1 N–H and O–H groups in total. The molecule has 0 aromatic heterocycles. The zero-order chi connectivity index (χ0) is 21.1. The van der Waals surface area contributed by atoms with Crippen molar-refractivity contribution in [3.05, 3.63) is 76.6 Å². The third-order valence-electron chi connectivity index (χ3n) is 5.22. The first-order chi connectivity index (χ1) is 14.6. The lowest BCUT2D eigenvalue weighted by Crippen LogP contribution is -2.36. The first kappa shape index (κ1) is 19.5. The van der Waals surface area contributed by atoms with Gasteiger partial charge < -0.3 is 10.2 Å². The number of fused-ring (bicyclic) bond motifs is 1. The van der Waals surface area contributed by atoms with Crippen LogP contribution >= 0.6 is 0 Å². The lowest BCUT2D eigenvalue weighted by atomic mass is 10.0. The smallest absolute Gasteiger partial charge is 0.266 e. The van der Waals surface area contributed by atoms with E-state index in [0.717, 1.165) is 19.3 Å². The Morgan fingerprint density at radius 3 is 2.37 bits per heavy atom. The molecule has 0 atom stereocenters. The molecule has 2 amide bonds. The molecule has 2 aromatic carbocycles. The molecule has 1 fully saturated rings. The third-order valence-corrected chi connectivity index (χ3v) is 5.22. The highest BCUT2D eigenvalue weighted by molar-refractivity contribution is 6.20. The molecule has 1 saturated heterocycles. The number of likely N-dealkylation sites (tertiary alicyclic amines) is 1. The molecule has 0 saturated carbocycles. The number of carbonyl (C=O) groups is 2. The molecule has 2 aliphatic rings. The normalized spacial score (nSPS) is 16.9. The predicted molar refractivity (Wildman–Crippen MR) is 110 cm³/mol. The fraction of sp³-hybridized carbons (Fsp3) is 0.217. The maximum Gasteiger partial charge on any atom is 0.266 e. The van der Waals surface area contributed by atoms with Crippen molar-refractivity contribution in [2.24, 2.45) is 4.99 Å². The van der Waals surface area contributed by atoms with Gasteiger partial charge in [0.2, 0.25) is 0 Å². The van der Waals surface area contributed by atoms with Gasteiger partial charge in [0.25, 0.3) is 11.8 Å². The fourth-order valence-electron chi connectivity index (χ4n) is 3.69. The van der Waals surface area contributed by atoms with E-state index in [9.17, 15) is 19.2 Å². The molecule has 7 heteroatoms. The second kappa shape index (κ2) is 8.29. The topological polar surface area (TPSA) is 85.6 Å². The number of halogens is 1. The fourth-order valence-corrected chi connectivity index (χ4v) is 3.69. The van der Waals surface area contributed by atoms with Crippen LogP contribution < -0.4 is 5.32 Å². The number of amidine groups is 1. The number of benzene rings is 2. The maximum absolute atomic E-state index is 14.0. The third kappa shape index (κ3) is 3.60. The van der Waals surface area contributed by atoms with Crippen molar-refractivity contribution in [3.63, 3.8) is 0 Å². The van der Waals surface area contributed by atoms with Gasteiger partial charge in [0, 0.05) is 24.2 Å². The molecule has 0 bridgehead atoms. The van der Waals surface area contributed by atoms with Gasteiger partial charge in [-0.05, 0) is 31.4 Å². The monoisotopic (exact) mass is 402 g/mol. The first-order valence-electron chi connectivity index (χ1n) is 9.78. The molecule has 2 aromatic rings. The van der Waals surface area contributed by atoms with E-state index in [1.165, 1.54) is 18.2 Å². The molecule has 6 nitrogen and oxygen atoms in total. The van der Waals surface area contributed by atoms with Crippen LogP contribution in [0.3, 0.4) is 0 Å². The van der Waals surface area contributed by atoms with Crippen LogP contribution in [0, 0.1) is 17.1 Å². The molecule has 30 heavy (non-hydrogen) atoms. The number of amides is 2. The standard InChI is InChI=1S/C23H19FN4O2/c24-19-11-5-4-10-17(19)22(29)27-21-16-9-3-2-8-15(16)20(26-21)18(14-25)23(30)28-12-6-1-7-13-28/h2-5,8-11H,1,6-7,12-13H2,(H,26,27,29)/b20-18+. The highest BCUT2D eigenvalue weighted by Crippen LogP contribution is 2.31. The summed E-state index contributed by atoms with van der Waals surface area (Å²) in [6.07, 6.45) is 2.88. The van der Waals surface area contributed by atoms with E-state index in [1.54, 1.807) is 35.2 Å². The Kier molecular flexibility index (Phi) is 5.40. The highest BCUT2D eigenvalue weighted by Gasteiger charge is 2.30. The van der Waals surface area contributed by atoms with Gasteiger partial charge in [-0.25, -0.2) is 9.38 Å². The summed E-state index contributed by atoms with van der Waals surface area (Å²) in [4.78, 5) is 31.6. The minimum absolute atomic E-state index is 0.0560. The van der Waals surface area contributed by atoms with Crippen molar-refractivity contribution >= 4 is 23.3 Å². The Labute approximate surface area is 173 Å². The summed E-state index contributed by atoms with van der Waals surface area (Å²) in [5.41, 5.74) is 1.23. The average molecular weight is 402 g/mol. The van der Waals surface area contributed by atoms with Crippen LogP contribution in [0.5, 0.6) is 0 Å². The molecule has 0 unspecified atom stereocenters. The molecule has 0 aliphatic carbocycles. The molecule has 2 heterocycles. The first-order valence-corrected chi connectivity index (χ1v) is 9.78. The van der Waals surface area contributed by atoms with Crippen molar-refractivity contribution in [1.29, 1.82) is 5.26 Å². The SMILES string of the molecule is N#C/C(C(=O)N1CCCCC1)=C1\N=C(NC(=O)c2ccccc2F)c2ccccc21. The van der Waals surface area contributed by atoms with Crippen molar-refractivity contribution in [1.82, 2.24) is 10.2 Å². The number of nitriles is 1. The summed E-state index contributed by atoms with van der Waals surface area (Å²) < 4.78 is 14.0. The quantitative estimate of drug-likeness (QED) is 0.618. The van der Waals surface area contributed by atoms with Crippen LogP contribution in [-0.4, -0.2) is 35.6 Å². The molecule has 0 spiro atoms. The number of rotatable bonds is 2. The number of nitrogens with zero attached hydrogens (tertiary/aromatic N) is 3. The minimum Gasteiger partial charge on any atom is -0.338 e. The Bertz CT molecular complexity index is 1120. The number of piperidine rings is 1. The summed E-state index contributed by atoms with van der Waals surface area (Å²) in [6.45, 7) is 1.22. The van der Waals surface area contributed by atoms with E-state index in [4.69, 9.17) is 0 Å². The van der Waals surface area contributed by atoms with Gasteiger partial charge in [-0.2, -0.15) is 5.26 Å². The van der Waals surface area contributed by atoms with Crippen LogP contribution in [0.2, 0.25) is 0 Å². The second-order valence-electron chi connectivity index (χ2n) is 7.13. The largest absolute Gasteiger partial charge is 0.338 e. The van der Waals surface area contributed by atoms with E-state index < -0.39 is 11.7 Å². The van der Waals surface area contributed by atoms with Gasteiger partial charge in [-0.3, -0.25) is 9.59 Å². The maximum atomic E-state index is 14.0. The highest BCUT2D eigenvalue weighted by atomic mass is 19.1. The zero-order valence-corrected chi connectivity index (χ0v) is 16.2. The number of carbonyl (C=O) groups excluding carboxylic acids is 2. The molecule has 2 aliphatic heterocycles. The van der Waals surface area contributed by atoms with Gasteiger partial charge in [-0.1, -0.05) is 36.4 Å². The van der Waals surface area contributed by atoms with Gasteiger partial charge in [0.05, 0.1) is 11.3 Å². The lowest BCUT2D eigenvalue weighted by Gasteiger charge is -2.26. The lowest BCUT2D eigenvalue weighted by molar-refractivity contribution is -0.127. The van der Waals surface area contributed by atoms with Gasteiger partial charge in [0.1, 0.15) is 23.3 Å². The van der Waals surface area contributed by atoms with E-state index in [2.05, 4.69) is 10.3 Å². The molecular formula is C23H19FN4O2. The summed E-state index contributed by atoms with van der Waals surface area (Å²) in [5.74, 6) is -1.46. The average Bonchev–Trinajstić information content (AvgIpc) is 3.13. The minimum atomic E-state index is -0.649. The van der Waals surface area contributed by atoms with E-state index in [0.29, 0.717) is 24.2 Å². The molecule has 150 valence electrons. The Morgan fingerprint density at radius 2 is 1.67 bits per heavy atom. The van der Waals surface area contributed by atoms with Crippen molar-refractivity contribution in [2.75, 3.05) is 13.1 Å². The van der Waals surface area contributed by atoms with Crippen LogP contribution in [0.25, 0.3) is 5.70 Å². The van der Waals surface area contributed by atoms with E-state index >= 15 is 0 Å². The van der Waals surface area contributed by atoms with E-state index in [-0.39, 0.29) is 28.6 Å². The van der Waals surface area contributed by atoms with Crippen LogP contribution in [-0.2, 0) is 4.79 Å². The van der Waals surface area contributed by atoms with Crippen molar-refractivity contribution < 1.29 is 14.0 Å². The van der Waals surface area contributed by atoms with Crippen LogP contribution in [0.1, 0.15) is 40.7 Å². The molecule has 4 rings (SSSR count). The summed E-state index contributed by atoms with van der Waals surface area (Å²) >= 11 is 0.